The molecule has 7 heavy (non-hydrogen) atoms. The van der Waals surface area contributed by atoms with Gasteiger partial charge in [-0.25, -0.2) is 4.79 Å². The van der Waals surface area contributed by atoms with Crippen molar-refractivity contribution in [3.63, 3.8) is 0 Å². The van der Waals surface area contributed by atoms with E-state index in [1.807, 2.05) is 0 Å². The summed E-state index contributed by atoms with van der Waals surface area (Å²) in [5.41, 5.74) is 0.176. The van der Waals surface area contributed by atoms with E-state index < -0.39 is 5.97 Å². The summed E-state index contributed by atoms with van der Waals surface area (Å²) in [6, 6.07) is 0. The van der Waals surface area contributed by atoms with Crippen molar-refractivity contribution in [2.75, 3.05) is 0 Å². The molecule has 0 bridgehead atoms. The number of carboxylic acids is 1. The molecule has 0 atom stereocenters. The molecule has 0 aromatic carbocycles. The Balaban J connectivity index is 0. The van der Waals surface area contributed by atoms with Crippen LogP contribution in [0.15, 0.2) is 12.2 Å². The molecular weight excluding hydrogens is 272 g/mol. The van der Waals surface area contributed by atoms with E-state index in [2.05, 4.69) is 6.58 Å². The van der Waals surface area contributed by atoms with Crippen molar-refractivity contribution in [1.29, 1.82) is 0 Å². The summed E-state index contributed by atoms with van der Waals surface area (Å²) in [6.45, 7) is 4.60. The summed E-state index contributed by atoms with van der Waals surface area (Å²) in [5.74, 6) is -0.935. The van der Waals surface area contributed by atoms with Gasteiger partial charge in [0.1, 0.15) is 0 Å². The van der Waals surface area contributed by atoms with Crippen molar-refractivity contribution in [3.05, 3.63) is 12.2 Å². The first-order chi connectivity index (χ1) is 2.64. The average Bonchev–Trinajstić information content (AvgIpc) is 1.36. The fourth-order valence-electron chi connectivity index (χ4n) is 0. The molecule has 3 heteroatoms. The molecule has 0 aliphatic carbocycles. The van der Waals surface area contributed by atoms with E-state index in [-0.39, 0.29) is 25.7 Å². The van der Waals surface area contributed by atoms with Crippen LogP contribution in [0.1, 0.15) is 6.92 Å². The van der Waals surface area contributed by atoms with Crippen LogP contribution >= 0.6 is 0 Å². The molecule has 1 radical (unpaired) electrons. The summed E-state index contributed by atoms with van der Waals surface area (Å²) < 4.78 is 0. The van der Waals surface area contributed by atoms with E-state index in [1.165, 1.54) is 6.92 Å². The largest absolute Gasteiger partial charge is 0.478 e. The third kappa shape index (κ3) is 5.86. The number of carboxylic acid groups (broad SMARTS) is 1. The van der Waals surface area contributed by atoms with Crippen LogP contribution in [-0.2, 0) is 24.9 Å². The Morgan fingerprint density at radius 3 is 1.86 bits per heavy atom. The minimum absolute atomic E-state index is 0. The third-order valence-electron chi connectivity index (χ3n) is 0.365. The molecule has 0 aromatic rings. The first kappa shape index (κ1) is 9.97. The van der Waals surface area contributed by atoms with Gasteiger partial charge in [-0.3, -0.25) is 0 Å². The summed E-state index contributed by atoms with van der Waals surface area (Å²) in [6.07, 6.45) is 0. The predicted octanol–water partition coefficient (Wildman–Crippen LogP) is 0.645. The summed E-state index contributed by atoms with van der Waals surface area (Å²) in [4.78, 5) is 9.60. The average molecular weight is 278 g/mol. The van der Waals surface area contributed by atoms with E-state index >= 15 is 0 Å². The normalized spacial score (nSPS) is 6.43. The van der Waals surface area contributed by atoms with E-state index in [1.54, 1.807) is 0 Å². The molecule has 0 fully saturated rings. The van der Waals surface area contributed by atoms with Crippen molar-refractivity contribution in [1.82, 2.24) is 0 Å². The molecule has 0 heterocycles. The van der Waals surface area contributed by atoms with E-state index in [4.69, 9.17) is 5.11 Å². The first-order valence-corrected chi connectivity index (χ1v) is 1.53. The van der Waals surface area contributed by atoms with Gasteiger partial charge in [0.2, 0.25) is 0 Å². The molecule has 0 aromatic heterocycles. The first-order valence-electron chi connectivity index (χ1n) is 1.53. The SMILES string of the molecule is C=C(C)C(=O)O.[Ir]. The third-order valence-corrected chi connectivity index (χ3v) is 0.365. The van der Waals surface area contributed by atoms with E-state index in [0.717, 1.165) is 0 Å². The Bertz CT molecular complexity index is 75.7. The number of aliphatic carboxylic acids is 1. The Morgan fingerprint density at radius 2 is 1.86 bits per heavy atom. The fourth-order valence-corrected chi connectivity index (χ4v) is 0. The standard InChI is InChI=1S/C4H6O2.Ir/c1-3(2)4(5)6;/h1H2,2H3,(H,5,6);. The zero-order valence-corrected chi connectivity index (χ0v) is 6.29. The number of carbonyl (C=O) groups is 1. The van der Waals surface area contributed by atoms with Crippen LogP contribution in [0.4, 0.5) is 0 Å². The summed E-state index contributed by atoms with van der Waals surface area (Å²) in [7, 11) is 0. The Kier molecular flexibility index (Phi) is 5.74. The smallest absolute Gasteiger partial charge is 0.330 e. The Morgan fingerprint density at radius 1 is 1.71 bits per heavy atom. The quantitative estimate of drug-likeness (QED) is 0.715. The van der Waals surface area contributed by atoms with Gasteiger partial charge in [0, 0.05) is 25.7 Å². The maximum absolute atomic E-state index is 9.60. The van der Waals surface area contributed by atoms with Gasteiger partial charge in [0.05, 0.1) is 0 Å². The van der Waals surface area contributed by atoms with Gasteiger partial charge in [0.25, 0.3) is 0 Å². The van der Waals surface area contributed by atoms with Crippen molar-refractivity contribution in [3.8, 4) is 0 Å². The maximum atomic E-state index is 9.60. The number of rotatable bonds is 1. The summed E-state index contributed by atoms with van der Waals surface area (Å²) in [5, 5.41) is 7.89. The van der Waals surface area contributed by atoms with Crippen molar-refractivity contribution in [2.24, 2.45) is 0 Å². The zero-order chi connectivity index (χ0) is 5.15. The molecule has 0 saturated heterocycles. The molecule has 2 nitrogen and oxygen atoms in total. The number of hydrogen-bond donors (Lipinski definition) is 1. The molecule has 0 unspecified atom stereocenters. The minimum atomic E-state index is -0.935. The molecule has 1 N–H and O–H groups in total. The molecule has 0 spiro atoms. The second kappa shape index (κ2) is 4.03. The summed E-state index contributed by atoms with van der Waals surface area (Å²) >= 11 is 0. The topological polar surface area (TPSA) is 37.3 Å². The Hall–Kier alpha value is -0.141. The van der Waals surface area contributed by atoms with Crippen LogP contribution in [-0.4, -0.2) is 11.1 Å². The van der Waals surface area contributed by atoms with E-state index in [9.17, 15) is 4.79 Å². The molecule has 0 saturated carbocycles. The van der Waals surface area contributed by atoms with Gasteiger partial charge in [-0.15, -0.1) is 0 Å². The monoisotopic (exact) mass is 279 g/mol. The molecular formula is C4H6IrO2. The molecule has 0 aliphatic rings. The van der Waals surface area contributed by atoms with Crippen LogP contribution in [0.5, 0.6) is 0 Å². The second-order valence-electron chi connectivity index (χ2n) is 1.09. The molecule has 43 valence electrons. The van der Waals surface area contributed by atoms with Gasteiger partial charge in [-0.2, -0.15) is 0 Å². The van der Waals surface area contributed by atoms with Crippen LogP contribution < -0.4 is 0 Å². The van der Waals surface area contributed by atoms with Crippen LogP contribution in [0.25, 0.3) is 0 Å². The Labute approximate surface area is 55.6 Å². The van der Waals surface area contributed by atoms with E-state index in [0.29, 0.717) is 0 Å². The van der Waals surface area contributed by atoms with Crippen LogP contribution in [0.3, 0.4) is 0 Å². The predicted molar refractivity (Wildman–Crippen MR) is 22.4 cm³/mol. The fraction of sp³-hybridized carbons (Fsp3) is 0.250. The van der Waals surface area contributed by atoms with Gasteiger partial charge in [0.15, 0.2) is 0 Å². The zero-order valence-electron chi connectivity index (χ0n) is 3.90. The van der Waals surface area contributed by atoms with Gasteiger partial charge in [-0.1, -0.05) is 6.58 Å². The molecule has 0 rings (SSSR count). The maximum Gasteiger partial charge on any atom is 0.330 e. The number of hydrogen-bond acceptors (Lipinski definition) is 1. The van der Waals surface area contributed by atoms with Gasteiger partial charge in [-0.05, 0) is 6.92 Å². The minimum Gasteiger partial charge on any atom is -0.478 e. The van der Waals surface area contributed by atoms with Crippen molar-refractivity contribution < 1.29 is 30.0 Å². The van der Waals surface area contributed by atoms with Gasteiger partial charge >= 0.3 is 5.97 Å². The van der Waals surface area contributed by atoms with Crippen LogP contribution in [0, 0.1) is 0 Å². The van der Waals surface area contributed by atoms with Crippen molar-refractivity contribution in [2.45, 2.75) is 6.92 Å². The van der Waals surface area contributed by atoms with Crippen molar-refractivity contribution >= 4 is 5.97 Å². The molecule has 0 amide bonds. The molecule has 0 aliphatic heterocycles. The van der Waals surface area contributed by atoms with Gasteiger partial charge < -0.3 is 5.11 Å². The van der Waals surface area contributed by atoms with Crippen LogP contribution in [0.2, 0.25) is 0 Å². The second-order valence-corrected chi connectivity index (χ2v) is 1.09.